The fourth-order valence-electron chi connectivity index (χ4n) is 2.36. The van der Waals surface area contributed by atoms with Gasteiger partial charge in [0.2, 0.25) is 0 Å². The molecule has 102 valence electrons. The lowest BCUT2D eigenvalue weighted by atomic mass is 10.1. The zero-order valence-electron chi connectivity index (χ0n) is 11.3. The van der Waals surface area contributed by atoms with Crippen molar-refractivity contribution in [3.05, 3.63) is 46.6 Å². The first-order valence-corrected chi connectivity index (χ1v) is 6.68. The molecule has 20 heavy (non-hydrogen) atoms. The molecule has 3 N–H and O–H groups in total. The Morgan fingerprint density at radius 3 is 2.80 bits per heavy atom. The molecule has 1 heterocycles. The fraction of sp³-hybridized carbons (Fsp3) is 0.188. The number of anilines is 1. The summed E-state index contributed by atoms with van der Waals surface area (Å²) in [5.41, 5.74) is 7.83. The largest absolute Gasteiger partial charge is 0.491 e. The maximum Gasteiger partial charge on any atom is 0.199 e. The van der Waals surface area contributed by atoms with Gasteiger partial charge in [-0.3, -0.25) is 4.79 Å². The molecule has 0 atom stereocenters. The first kappa shape index (κ1) is 12.5. The van der Waals surface area contributed by atoms with Gasteiger partial charge in [-0.05, 0) is 30.7 Å². The van der Waals surface area contributed by atoms with Gasteiger partial charge in [0.15, 0.2) is 5.43 Å². The minimum Gasteiger partial charge on any atom is -0.491 e. The summed E-state index contributed by atoms with van der Waals surface area (Å²) in [5, 5.41) is 1.14. The molecule has 0 bridgehead atoms. The van der Waals surface area contributed by atoms with Gasteiger partial charge in [-0.15, -0.1) is 0 Å². The highest BCUT2D eigenvalue weighted by Gasteiger charge is 2.12. The first-order valence-electron chi connectivity index (χ1n) is 6.68. The molecule has 0 radical (unpaired) electrons. The monoisotopic (exact) mass is 268 g/mol. The maximum atomic E-state index is 12.6. The number of pyridine rings is 1. The van der Waals surface area contributed by atoms with Gasteiger partial charge in [0.05, 0.1) is 17.5 Å². The summed E-state index contributed by atoms with van der Waals surface area (Å²) in [4.78, 5) is 15.8. The van der Waals surface area contributed by atoms with E-state index in [2.05, 4.69) is 4.98 Å². The van der Waals surface area contributed by atoms with Gasteiger partial charge in [-0.2, -0.15) is 0 Å². The van der Waals surface area contributed by atoms with E-state index in [9.17, 15) is 4.79 Å². The lowest BCUT2D eigenvalue weighted by molar-refractivity contribution is 0.320. The van der Waals surface area contributed by atoms with Crippen molar-refractivity contribution in [2.75, 3.05) is 12.3 Å². The van der Waals surface area contributed by atoms with Crippen molar-refractivity contribution < 1.29 is 4.74 Å². The topological polar surface area (TPSA) is 68.1 Å². The van der Waals surface area contributed by atoms with E-state index in [4.69, 9.17) is 10.5 Å². The van der Waals surface area contributed by atoms with Gasteiger partial charge in [0.25, 0.3) is 0 Å². The third-order valence-corrected chi connectivity index (χ3v) is 3.32. The summed E-state index contributed by atoms with van der Waals surface area (Å²) in [6.07, 6.45) is 0.906. The smallest absolute Gasteiger partial charge is 0.199 e. The highest BCUT2D eigenvalue weighted by Crippen LogP contribution is 2.28. The molecule has 0 unspecified atom stereocenters. The standard InChI is InChI=1S/C16H16N2O2/c1-2-9-20-13-8-7-11(17)14-15(13)18-12-6-4-3-5-10(12)16(14)19/h3-8H,2,9,17H2,1H3,(H,18,19). The van der Waals surface area contributed by atoms with Gasteiger partial charge >= 0.3 is 0 Å². The van der Waals surface area contributed by atoms with Crippen LogP contribution in [0.4, 0.5) is 5.69 Å². The summed E-state index contributed by atoms with van der Waals surface area (Å²) >= 11 is 0. The van der Waals surface area contributed by atoms with Crippen LogP contribution in [0, 0.1) is 0 Å². The molecule has 2 aromatic carbocycles. The number of rotatable bonds is 3. The number of nitrogens with two attached hydrogens (primary N) is 1. The highest BCUT2D eigenvalue weighted by molar-refractivity contribution is 6.01. The van der Waals surface area contributed by atoms with Gasteiger partial charge in [0, 0.05) is 16.6 Å². The van der Waals surface area contributed by atoms with Gasteiger partial charge < -0.3 is 15.5 Å². The summed E-state index contributed by atoms with van der Waals surface area (Å²) in [6, 6.07) is 10.9. The van der Waals surface area contributed by atoms with Gasteiger partial charge in [-0.1, -0.05) is 19.1 Å². The zero-order chi connectivity index (χ0) is 14.1. The Balaban J connectivity index is 2.40. The normalized spacial score (nSPS) is 11.1. The van der Waals surface area contributed by atoms with Crippen LogP contribution in [-0.2, 0) is 0 Å². The minimum atomic E-state index is -0.0613. The Labute approximate surface area is 116 Å². The lowest BCUT2D eigenvalue weighted by Gasteiger charge is -2.11. The second-order valence-electron chi connectivity index (χ2n) is 4.75. The van der Waals surface area contributed by atoms with Crippen molar-refractivity contribution in [2.24, 2.45) is 0 Å². The first-order chi connectivity index (χ1) is 9.72. The van der Waals surface area contributed by atoms with Crippen LogP contribution in [0.15, 0.2) is 41.2 Å². The molecule has 1 aromatic heterocycles. The van der Waals surface area contributed by atoms with E-state index < -0.39 is 0 Å². The molecule has 0 aliphatic heterocycles. The molecule has 0 fully saturated rings. The number of benzene rings is 2. The van der Waals surface area contributed by atoms with Crippen molar-refractivity contribution in [3.63, 3.8) is 0 Å². The van der Waals surface area contributed by atoms with Crippen molar-refractivity contribution >= 4 is 27.5 Å². The minimum absolute atomic E-state index is 0.0613. The molecule has 0 saturated heterocycles. The fourth-order valence-corrected chi connectivity index (χ4v) is 2.36. The summed E-state index contributed by atoms with van der Waals surface area (Å²) in [6.45, 7) is 2.64. The van der Waals surface area contributed by atoms with E-state index in [-0.39, 0.29) is 5.43 Å². The van der Waals surface area contributed by atoms with E-state index in [1.54, 1.807) is 18.2 Å². The van der Waals surface area contributed by atoms with E-state index in [0.717, 1.165) is 11.9 Å². The average molecular weight is 268 g/mol. The number of ether oxygens (including phenoxy) is 1. The molecule has 3 aromatic rings. The van der Waals surface area contributed by atoms with Crippen LogP contribution in [0.1, 0.15) is 13.3 Å². The maximum absolute atomic E-state index is 12.6. The number of nitrogen functional groups attached to an aromatic ring is 1. The number of hydrogen-bond donors (Lipinski definition) is 2. The third kappa shape index (κ3) is 1.90. The Kier molecular flexibility index (Phi) is 3.06. The van der Waals surface area contributed by atoms with Crippen LogP contribution in [-0.4, -0.2) is 11.6 Å². The van der Waals surface area contributed by atoms with Crippen LogP contribution >= 0.6 is 0 Å². The van der Waals surface area contributed by atoms with Crippen LogP contribution in [0.3, 0.4) is 0 Å². The second-order valence-corrected chi connectivity index (χ2v) is 4.75. The SMILES string of the molecule is CCCOc1ccc(N)c2c(=O)c3ccccc3[nH]c12. The van der Waals surface area contributed by atoms with E-state index in [1.807, 2.05) is 25.1 Å². The highest BCUT2D eigenvalue weighted by atomic mass is 16.5. The predicted molar refractivity (Wildman–Crippen MR) is 82.3 cm³/mol. The number of para-hydroxylation sites is 1. The third-order valence-electron chi connectivity index (χ3n) is 3.32. The zero-order valence-corrected chi connectivity index (χ0v) is 11.3. The lowest BCUT2D eigenvalue weighted by Crippen LogP contribution is -2.08. The molecular formula is C16H16N2O2. The van der Waals surface area contributed by atoms with Crippen LogP contribution in [0.2, 0.25) is 0 Å². The average Bonchev–Trinajstić information content (AvgIpc) is 2.47. The molecule has 4 nitrogen and oxygen atoms in total. The summed E-state index contributed by atoms with van der Waals surface area (Å²) in [5.74, 6) is 0.666. The molecule has 3 rings (SSSR count). The molecule has 4 heteroatoms. The Hall–Kier alpha value is -2.49. The number of fused-ring (bicyclic) bond motifs is 2. The van der Waals surface area contributed by atoms with Crippen LogP contribution in [0.25, 0.3) is 21.8 Å². The molecule has 0 amide bonds. The number of nitrogens with one attached hydrogen (secondary N) is 1. The Morgan fingerprint density at radius 2 is 2.00 bits per heavy atom. The van der Waals surface area contributed by atoms with E-state index in [1.165, 1.54) is 0 Å². The molecule has 0 aliphatic carbocycles. The van der Waals surface area contributed by atoms with Crippen molar-refractivity contribution in [2.45, 2.75) is 13.3 Å². The quantitative estimate of drug-likeness (QED) is 0.566. The van der Waals surface area contributed by atoms with Crippen molar-refractivity contribution in [1.29, 1.82) is 0 Å². The number of aromatic amines is 1. The van der Waals surface area contributed by atoms with Gasteiger partial charge in [0.1, 0.15) is 5.75 Å². The van der Waals surface area contributed by atoms with Crippen molar-refractivity contribution in [3.8, 4) is 5.75 Å². The Morgan fingerprint density at radius 1 is 1.20 bits per heavy atom. The number of H-pyrrole nitrogens is 1. The molecule has 0 saturated carbocycles. The summed E-state index contributed by atoms with van der Waals surface area (Å²) < 4.78 is 5.70. The van der Waals surface area contributed by atoms with Crippen LogP contribution < -0.4 is 15.9 Å². The predicted octanol–water partition coefficient (Wildman–Crippen LogP) is 3.05. The van der Waals surface area contributed by atoms with E-state index >= 15 is 0 Å². The second kappa shape index (κ2) is 4.89. The summed E-state index contributed by atoms with van der Waals surface area (Å²) in [7, 11) is 0. The van der Waals surface area contributed by atoms with Gasteiger partial charge in [-0.25, -0.2) is 0 Å². The number of hydrogen-bond acceptors (Lipinski definition) is 3. The molecule has 0 spiro atoms. The molecule has 0 aliphatic rings. The number of aromatic nitrogens is 1. The van der Waals surface area contributed by atoms with Crippen LogP contribution in [0.5, 0.6) is 5.75 Å². The molecular weight excluding hydrogens is 252 g/mol. The van der Waals surface area contributed by atoms with Crippen molar-refractivity contribution in [1.82, 2.24) is 4.98 Å². The Bertz CT molecular complexity index is 837. The van der Waals surface area contributed by atoms with E-state index in [0.29, 0.717) is 34.3 Å².